The largest absolute Gasteiger partial charge is 0.451 e. The van der Waals surface area contributed by atoms with Crippen molar-refractivity contribution in [2.24, 2.45) is 5.92 Å². The second-order valence-electron chi connectivity index (χ2n) is 8.20. The number of carbonyl (C=O) groups excluding carboxylic acids is 1. The quantitative estimate of drug-likeness (QED) is 0.627. The van der Waals surface area contributed by atoms with Crippen LogP contribution in [0.25, 0.3) is 11.0 Å². The van der Waals surface area contributed by atoms with Gasteiger partial charge in [0.1, 0.15) is 5.58 Å². The van der Waals surface area contributed by atoms with Gasteiger partial charge in [0.25, 0.3) is 5.91 Å². The molecule has 0 bridgehead atoms. The number of rotatable bonds is 6. The zero-order chi connectivity index (χ0) is 20.9. The third-order valence-corrected chi connectivity index (χ3v) is 5.96. The summed E-state index contributed by atoms with van der Waals surface area (Å²) in [6.07, 6.45) is 2.93. The van der Waals surface area contributed by atoms with Crippen molar-refractivity contribution < 1.29 is 9.21 Å². The van der Waals surface area contributed by atoms with Gasteiger partial charge in [0.05, 0.1) is 5.39 Å². The van der Waals surface area contributed by atoms with Gasteiger partial charge in [-0.3, -0.25) is 9.59 Å². The Balaban J connectivity index is 1.57. The number of hydrogen-bond acceptors (Lipinski definition) is 4. The van der Waals surface area contributed by atoms with Gasteiger partial charge >= 0.3 is 0 Å². The van der Waals surface area contributed by atoms with Crippen LogP contribution in [0.4, 0.5) is 0 Å². The Hall–Kier alpha value is -2.92. The lowest BCUT2D eigenvalue weighted by Crippen LogP contribution is -2.41. The van der Waals surface area contributed by atoms with Crippen molar-refractivity contribution in [3.63, 3.8) is 0 Å². The van der Waals surface area contributed by atoms with Crippen LogP contribution >= 0.6 is 0 Å². The number of hydrogen-bond donors (Lipinski definition) is 0. The minimum atomic E-state index is -0.201. The van der Waals surface area contributed by atoms with Crippen molar-refractivity contribution in [1.82, 2.24) is 9.80 Å². The number of benzene rings is 2. The lowest BCUT2D eigenvalue weighted by molar-refractivity contribution is 0.0669. The predicted octanol–water partition coefficient (Wildman–Crippen LogP) is 3.82. The zero-order valence-corrected chi connectivity index (χ0v) is 17.4. The standard InChI is InChI=1S/C25H28N2O3/c1-26-14-11-20(12-15-26)18-27(16-13-19-7-3-2-4-8-19)25(29)24-17-22(28)21-9-5-6-10-23(21)30-24/h2-10,17,20H,11-16,18H2,1H3. The highest BCUT2D eigenvalue weighted by molar-refractivity contribution is 5.93. The van der Waals surface area contributed by atoms with E-state index < -0.39 is 0 Å². The van der Waals surface area contributed by atoms with Gasteiger partial charge in [0, 0.05) is 19.2 Å². The fraction of sp³-hybridized carbons (Fsp3) is 0.360. The molecule has 0 aliphatic carbocycles. The molecule has 2 aromatic carbocycles. The zero-order valence-electron chi connectivity index (χ0n) is 17.4. The van der Waals surface area contributed by atoms with E-state index in [4.69, 9.17) is 4.42 Å². The van der Waals surface area contributed by atoms with Crippen LogP contribution in [-0.4, -0.2) is 48.9 Å². The fourth-order valence-corrected chi connectivity index (χ4v) is 4.11. The summed E-state index contributed by atoms with van der Waals surface area (Å²) in [5.41, 5.74) is 1.47. The molecule has 5 heteroatoms. The molecule has 156 valence electrons. The second kappa shape index (κ2) is 9.26. The molecule has 2 heterocycles. The van der Waals surface area contributed by atoms with Gasteiger partial charge in [0.15, 0.2) is 11.2 Å². The first-order valence-corrected chi connectivity index (χ1v) is 10.6. The molecule has 30 heavy (non-hydrogen) atoms. The summed E-state index contributed by atoms with van der Waals surface area (Å²) in [6, 6.07) is 18.6. The molecule has 1 fully saturated rings. The Labute approximate surface area is 176 Å². The van der Waals surface area contributed by atoms with Gasteiger partial charge < -0.3 is 14.2 Å². The van der Waals surface area contributed by atoms with E-state index in [1.807, 2.05) is 29.2 Å². The smallest absolute Gasteiger partial charge is 0.289 e. The van der Waals surface area contributed by atoms with Crippen LogP contribution in [-0.2, 0) is 6.42 Å². The minimum absolute atomic E-state index is 0.125. The van der Waals surface area contributed by atoms with Crippen molar-refractivity contribution in [2.45, 2.75) is 19.3 Å². The molecule has 0 N–H and O–H groups in total. The number of carbonyl (C=O) groups is 1. The number of amides is 1. The highest BCUT2D eigenvalue weighted by atomic mass is 16.3. The number of para-hydroxylation sites is 1. The Morgan fingerprint density at radius 1 is 1.07 bits per heavy atom. The molecule has 3 aromatic rings. The van der Waals surface area contributed by atoms with Crippen molar-refractivity contribution in [3.05, 3.63) is 82.2 Å². The average Bonchev–Trinajstić information content (AvgIpc) is 2.78. The van der Waals surface area contributed by atoms with E-state index in [0.717, 1.165) is 32.4 Å². The summed E-state index contributed by atoms with van der Waals surface area (Å²) in [5, 5.41) is 0.500. The summed E-state index contributed by atoms with van der Waals surface area (Å²) in [5.74, 6) is 0.389. The average molecular weight is 405 g/mol. The first-order valence-electron chi connectivity index (χ1n) is 10.6. The van der Waals surface area contributed by atoms with E-state index in [0.29, 0.717) is 30.0 Å². The Morgan fingerprint density at radius 2 is 1.77 bits per heavy atom. The summed E-state index contributed by atoms with van der Waals surface area (Å²) in [7, 11) is 2.14. The number of piperidine rings is 1. The molecule has 0 spiro atoms. The van der Waals surface area contributed by atoms with Crippen LogP contribution < -0.4 is 5.43 Å². The summed E-state index contributed by atoms with van der Waals surface area (Å²) >= 11 is 0. The van der Waals surface area contributed by atoms with Crippen LogP contribution in [0.3, 0.4) is 0 Å². The van der Waals surface area contributed by atoms with E-state index in [1.165, 1.54) is 11.6 Å². The van der Waals surface area contributed by atoms with Crippen molar-refractivity contribution in [1.29, 1.82) is 0 Å². The van der Waals surface area contributed by atoms with Gasteiger partial charge in [0.2, 0.25) is 0 Å². The SMILES string of the molecule is CN1CCC(CN(CCc2ccccc2)C(=O)c2cc(=O)c3ccccc3o2)CC1. The molecule has 1 amide bonds. The van der Waals surface area contributed by atoms with Gasteiger partial charge in [-0.1, -0.05) is 42.5 Å². The molecule has 5 nitrogen and oxygen atoms in total. The summed E-state index contributed by atoms with van der Waals surface area (Å²) in [6.45, 7) is 3.40. The van der Waals surface area contributed by atoms with E-state index in [2.05, 4.69) is 24.1 Å². The molecule has 1 saturated heterocycles. The molecule has 0 atom stereocenters. The maximum absolute atomic E-state index is 13.4. The molecule has 4 rings (SSSR count). The van der Waals surface area contributed by atoms with Crippen LogP contribution in [0.5, 0.6) is 0 Å². The first-order chi connectivity index (χ1) is 14.6. The minimum Gasteiger partial charge on any atom is -0.451 e. The van der Waals surface area contributed by atoms with Crippen LogP contribution in [0.2, 0.25) is 0 Å². The van der Waals surface area contributed by atoms with Crippen molar-refractivity contribution in [3.8, 4) is 0 Å². The first kappa shape index (κ1) is 20.4. The van der Waals surface area contributed by atoms with Gasteiger partial charge in [-0.2, -0.15) is 0 Å². The van der Waals surface area contributed by atoms with Crippen LogP contribution in [0.15, 0.2) is 69.9 Å². The third-order valence-electron chi connectivity index (χ3n) is 5.96. The van der Waals surface area contributed by atoms with Gasteiger partial charge in [-0.25, -0.2) is 0 Å². The molecule has 0 unspecified atom stereocenters. The molecular formula is C25H28N2O3. The normalized spacial score (nSPS) is 15.4. The molecule has 1 aliphatic heterocycles. The topological polar surface area (TPSA) is 53.8 Å². The lowest BCUT2D eigenvalue weighted by atomic mass is 9.96. The van der Waals surface area contributed by atoms with Gasteiger partial charge in [-0.05, 0) is 63.0 Å². The fourth-order valence-electron chi connectivity index (χ4n) is 4.11. The second-order valence-corrected chi connectivity index (χ2v) is 8.20. The van der Waals surface area contributed by atoms with Crippen molar-refractivity contribution in [2.75, 3.05) is 33.2 Å². The molecule has 1 aliphatic rings. The number of fused-ring (bicyclic) bond motifs is 1. The van der Waals surface area contributed by atoms with E-state index in [9.17, 15) is 9.59 Å². The number of nitrogens with zero attached hydrogens (tertiary/aromatic N) is 2. The number of likely N-dealkylation sites (tertiary alicyclic amines) is 1. The molecular weight excluding hydrogens is 376 g/mol. The summed E-state index contributed by atoms with van der Waals surface area (Å²) in [4.78, 5) is 30.1. The predicted molar refractivity (Wildman–Crippen MR) is 119 cm³/mol. The van der Waals surface area contributed by atoms with E-state index in [-0.39, 0.29) is 17.1 Å². The maximum Gasteiger partial charge on any atom is 0.289 e. The third kappa shape index (κ3) is 4.79. The van der Waals surface area contributed by atoms with Crippen molar-refractivity contribution >= 4 is 16.9 Å². The highest BCUT2D eigenvalue weighted by Gasteiger charge is 2.25. The maximum atomic E-state index is 13.4. The molecule has 0 radical (unpaired) electrons. The van der Waals surface area contributed by atoms with E-state index in [1.54, 1.807) is 18.2 Å². The monoisotopic (exact) mass is 404 g/mol. The Morgan fingerprint density at radius 3 is 2.53 bits per heavy atom. The van der Waals surface area contributed by atoms with Gasteiger partial charge in [-0.15, -0.1) is 0 Å². The van der Waals surface area contributed by atoms with Crippen LogP contribution in [0.1, 0.15) is 29.0 Å². The lowest BCUT2D eigenvalue weighted by Gasteiger charge is -2.33. The van der Waals surface area contributed by atoms with E-state index >= 15 is 0 Å². The van der Waals surface area contributed by atoms with Crippen LogP contribution in [0, 0.1) is 5.92 Å². The molecule has 1 aromatic heterocycles. The molecule has 0 saturated carbocycles. The Kier molecular flexibility index (Phi) is 6.29. The Bertz CT molecular complexity index is 1050. The summed E-state index contributed by atoms with van der Waals surface area (Å²) < 4.78 is 5.84. The highest BCUT2D eigenvalue weighted by Crippen LogP contribution is 2.20.